The fourth-order valence-corrected chi connectivity index (χ4v) is 7.65. The van der Waals surface area contributed by atoms with Crippen molar-refractivity contribution in [1.82, 2.24) is 25.1 Å². The Morgan fingerprint density at radius 1 is 0.839 bits per heavy atom. The van der Waals surface area contributed by atoms with E-state index in [2.05, 4.69) is 10.6 Å². The van der Waals surface area contributed by atoms with Crippen LogP contribution in [0, 0.1) is 0 Å². The second-order valence-corrected chi connectivity index (χ2v) is 14.7. The fourth-order valence-electron chi connectivity index (χ4n) is 7.33. The van der Waals surface area contributed by atoms with Gasteiger partial charge in [0.1, 0.15) is 18.8 Å². The zero-order valence-corrected chi connectivity index (χ0v) is 32.4. The molecule has 0 saturated carbocycles. The minimum absolute atomic E-state index is 0.0648. The van der Waals surface area contributed by atoms with E-state index in [9.17, 15) is 19.2 Å². The van der Waals surface area contributed by atoms with Crippen LogP contribution in [0.3, 0.4) is 0 Å². The zero-order chi connectivity index (χ0) is 39.2. The van der Waals surface area contributed by atoms with Crippen molar-refractivity contribution in [3.05, 3.63) is 148 Å². The quantitative estimate of drug-likeness (QED) is 0.133. The molecule has 0 aromatic heterocycles. The molecule has 0 spiro atoms. The first-order valence-corrected chi connectivity index (χ1v) is 19.3. The molecule has 13 heteroatoms. The second kappa shape index (κ2) is 17.5. The number of piperazine rings is 1. The summed E-state index contributed by atoms with van der Waals surface area (Å²) in [4.78, 5) is 58.3. The molecule has 2 aliphatic heterocycles. The summed E-state index contributed by atoms with van der Waals surface area (Å²) in [6.07, 6.45) is -0.309. The highest BCUT2D eigenvalue weighted by Crippen LogP contribution is 2.32. The van der Waals surface area contributed by atoms with Crippen molar-refractivity contribution in [2.45, 2.75) is 51.7 Å². The Morgan fingerprint density at radius 2 is 1.57 bits per heavy atom. The van der Waals surface area contributed by atoms with Gasteiger partial charge in [-0.25, -0.2) is 9.59 Å². The van der Waals surface area contributed by atoms with Gasteiger partial charge in [0.15, 0.2) is 0 Å². The first kappa shape index (κ1) is 38.6. The van der Waals surface area contributed by atoms with Crippen LogP contribution in [0.4, 0.5) is 15.3 Å². The Bertz CT molecular complexity index is 2220. The molecule has 288 valence electrons. The average Bonchev–Trinajstić information content (AvgIpc) is 3.53. The SMILES string of the molecule is CCCN(C(=O)NCc1ccc(Cl)c(Cl)c1)N1CC(=O)N2[C@@H](Cc3ccc(NC(=O)OCc4ccccc4)cc3)C(=O)N(Cc3cccc4ccccc34)C[C@@H]21. The van der Waals surface area contributed by atoms with Crippen LogP contribution >= 0.6 is 23.2 Å². The minimum atomic E-state index is -0.835. The molecule has 2 heterocycles. The van der Waals surface area contributed by atoms with Crippen LogP contribution < -0.4 is 10.6 Å². The van der Waals surface area contributed by atoms with Crippen LogP contribution in [-0.4, -0.2) is 75.6 Å². The number of nitrogens with zero attached hydrogens (tertiary/aromatic N) is 4. The number of carbonyl (C=O) groups excluding carboxylic acids is 4. The van der Waals surface area contributed by atoms with Crippen molar-refractivity contribution in [3.8, 4) is 0 Å². The molecular formula is C43H42Cl2N6O5. The summed E-state index contributed by atoms with van der Waals surface area (Å²) < 4.78 is 5.36. The van der Waals surface area contributed by atoms with Crippen LogP contribution in [0.5, 0.6) is 0 Å². The van der Waals surface area contributed by atoms with Gasteiger partial charge in [-0.2, -0.15) is 5.01 Å². The number of benzene rings is 5. The molecule has 0 unspecified atom stereocenters. The number of nitrogens with one attached hydrogen (secondary N) is 2. The molecule has 11 nitrogen and oxygen atoms in total. The van der Waals surface area contributed by atoms with Crippen molar-refractivity contribution in [2.75, 3.05) is 25.0 Å². The molecule has 5 amide bonds. The highest BCUT2D eigenvalue weighted by molar-refractivity contribution is 6.42. The molecule has 0 bridgehead atoms. The van der Waals surface area contributed by atoms with Gasteiger partial charge in [0.25, 0.3) is 0 Å². The third-order valence-electron chi connectivity index (χ3n) is 10.1. The molecular weight excluding hydrogens is 751 g/mol. The number of hydrazine groups is 1. The zero-order valence-electron chi connectivity index (χ0n) is 30.9. The summed E-state index contributed by atoms with van der Waals surface area (Å²) in [5.74, 6) is -0.418. The van der Waals surface area contributed by atoms with E-state index >= 15 is 0 Å². The third-order valence-corrected chi connectivity index (χ3v) is 10.8. The van der Waals surface area contributed by atoms with Gasteiger partial charge in [-0.3, -0.25) is 19.9 Å². The average molecular weight is 794 g/mol. The van der Waals surface area contributed by atoms with E-state index in [1.165, 1.54) is 0 Å². The van der Waals surface area contributed by atoms with Crippen molar-refractivity contribution >= 4 is 63.6 Å². The van der Waals surface area contributed by atoms with Crippen molar-refractivity contribution in [3.63, 3.8) is 0 Å². The first-order chi connectivity index (χ1) is 27.2. The van der Waals surface area contributed by atoms with Crippen LogP contribution in [-0.2, 0) is 40.4 Å². The summed E-state index contributed by atoms with van der Waals surface area (Å²) in [6.45, 7) is 3.14. The normalized spacial score (nSPS) is 16.8. The maximum Gasteiger partial charge on any atom is 0.411 e. The van der Waals surface area contributed by atoms with E-state index in [0.29, 0.717) is 35.2 Å². The number of carbonyl (C=O) groups is 4. The van der Waals surface area contributed by atoms with Crippen LogP contribution in [0.15, 0.2) is 115 Å². The topological polar surface area (TPSA) is 115 Å². The monoisotopic (exact) mass is 792 g/mol. The lowest BCUT2D eigenvalue weighted by atomic mass is 9.98. The number of ether oxygens (including phenoxy) is 1. The predicted octanol–water partition coefficient (Wildman–Crippen LogP) is 7.86. The Balaban J connectivity index is 1.12. The van der Waals surface area contributed by atoms with Gasteiger partial charge >= 0.3 is 12.1 Å². The Kier molecular flexibility index (Phi) is 12.0. The Hall–Kier alpha value is -5.62. The molecule has 5 aromatic carbocycles. The van der Waals surface area contributed by atoms with Crippen LogP contribution in [0.25, 0.3) is 10.8 Å². The Labute approximate surface area is 335 Å². The molecule has 2 atom stereocenters. The van der Waals surface area contributed by atoms with Crippen LogP contribution in [0.2, 0.25) is 10.0 Å². The summed E-state index contributed by atoms with van der Waals surface area (Å²) in [5.41, 5.74) is 3.97. The van der Waals surface area contributed by atoms with Gasteiger partial charge in [0.05, 0.1) is 23.1 Å². The van der Waals surface area contributed by atoms with E-state index in [-0.39, 0.29) is 50.5 Å². The van der Waals surface area contributed by atoms with Gasteiger partial charge < -0.3 is 19.9 Å². The number of hydrogen-bond donors (Lipinski definition) is 2. The third kappa shape index (κ3) is 8.75. The first-order valence-electron chi connectivity index (χ1n) is 18.6. The van der Waals surface area contributed by atoms with E-state index in [1.807, 2.05) is 91.9 Å². The summed E-state index contributed by atoms with van der Waals surface area (Å²) in [5, 5.41) is 12.0. The maximum atomic E-state index is 14.5. The smallest absolute Gasteiger partial charge is 0.411 e. The largest absolute Gasteiger partial charge is 0.444 e. The Morgan fingerprint density at radius 3 is 2.34 bits per heavy atom. The molecule has 0 aliphatic carbocycles. The molecule has 2 N–H and O–H groups in total. The summed E-state index contributed by atoms with van der Waals surface area (Å²) >= 11 is 12.3. The number of halogens is 2. The van der Waals surface area contributed by atoms with Crippen molar-refractivity contribution in [1.29, 1.82) is 0 Å². The van der Waals surface area contributed by atoms with Crippen LogP contribution in [0.1, 0.15) is 35.6 Å². The number of fused-ring (bicyclic) bond motifs is 2. The second-order valence-electron chi connectivity index (χ2n) is 13.9. The number of urea groups is 1. The standard InChI is InChI=1S/C43H42Cl2N6O5/c1-2-21-49(42(54)46-24-31-17-20-36(44)37(45)22-31)50-27-40(52)51-38(23-29-15-18-34(19-16-29)47-43(55)56-28-30-9-4-3-5-10-30)41(53)48(26-39(50)51)25-33-13-8-12-32-11-6-7-14-35(32)33/h3-20,22,38-39H,2,21,23-28H2,1H3,(H,46,54)(H,47,55)/t38-,39+/m0/s1. The number of amides is 5. The maximum absolute atomic E-state index is 14.5. The lowest BCUT2D eigenvalue weighted by Crippen LogP contribution is -2.66. The minimum Gasteiger partial charge on any atom is -0.444 e. The predicted molar refractivity (Wildman–Crippen MR) is 217 cm³/mol. The molecule has 0 radical (unpaired) electrons. The van der Waals surface area contributed by atoms with Gasteiger partial charge in [-0.15, -0.1) is 0 Å². The number of anilines is 1. The van der Waals surface area contributed by atoms with Gasteiger partial charge in [0.2, 0.25) is 11.8 Å². The summed E-state index contributed by atoms with van der Waals surface area (Å²) in [7, 11) is 0. The summed E-state index contributed by atoms with van der Waals surface area (Å²) in [6, 6.07) is 34.6. The number of rotatable bonds is 12. The molecule has 56 heavy (non-hydrogen) atoms. The molecule has 2 fully saturated rings. The van der Waals surface area contributed by atoms with Crippen molar-refractivity contribution < 1.29 is 23.9 Å². The van der Waals surface area contributed by atoms with E-state index in [1.54, 1.807) is 50.1 Å². The van der Waals surface area contributed by atoms with Crippen molar-refractivity contribution in [2.24, 2.45) is 0 Å². The molecule has 7 rings (SSSR count). The molecule has 2 aliphatic rings. The van der Waals surface area contributed by atoms with E-state index in [0.717, 1.165) is 33.0 Å². The van der Waals surface area contributed by atoms with Gasteiger partial charge in [-0.05, 0) is 63.7 Å². The lowest BCUT2D eigenvalue weighted by molar-refractivity contribution is -0.157. The van der Waals surface area contributed by atoms with Gasteiger partial charge in [-0.1, -0.05) is 121 Å². The fraction of sp³-hybridized carbons (Fsp3) is 0.256. The highest BCUT2D eigenvalue weighted by Gasteiger charge is 2.52. The van der Waals surface area contributed by atoms with Gasteiger partial charge in [0, 0.05) is 31.7 Å². The lowest BCUT2D eigenvalue weighted by Gasteiger charge is -2.46. The molecule has 2 saturated heterocycles. The highest BCUT2D eigenvalue weighted by atomic mass is 35.5. The number of hydrogen-bond acceptors (Lipinski definition) is 6. The van der Waals surface area contributed by atoms with E-state index in [4.69, 9.17) is 27.9 Å². The van der Waals surface area contributed by atoms with E-state index < -0.39 is 18.3 Å². The molecule has 5 aromatic rings.